The van der Waals surface area contributed by atoms with E-state index in [1.54, 1.807) is 0 Å². The molecule has 2 rings (SSSR count). The number of nitrogens with zero attached hydrogens (tertiary/aromatic N) is 2. The number of amides is 1. The zero-order valence-electron chi connectivity index (χ0n) is 9.70. The SMILES string of the molecule is O=C(NCCc1ncno1)OCc1ccccc1. The van der Waals surface area contributed by atoms with E-state index in [2.05, 4.69) is 15.5 Å². The minimum absolute atomic E-state index is 0.257. The van der Waals surface area contributed by atoms with E-state index in [0.29, 0.717) is 18.9 Å². The van der Waals surface area contributed by atoms with Crippen molar-refractivity contribution in [3.8, 4) is 0 Å². The molecule has 0 aliphatic carbocycles. The average molecular weight is 247 g/mol. The molecule has 1 heterocycles. The van der Waals surface area contributed by atoms with Gasteiger partial charge in [0, 0.05) is 13.0 Å². The Morgan fingerprint density at radius 2 is 2.17 bits per heavy atom. The van der Waals surface area contributed by atoms with Crippen molar-refractivity contribution < 1.29 is 14.1 Å². The number of ether oxygens (including phenoxy) is 1. The maximum atomic E-state index is 11.3. The number of hydrogen-bond acceptors (Lipinski definition) is 5. The van der Waals surface area contributed by atoms with Crippen molar-refractivity contribution in [2.45, 2.75) is 13.0 Å². The van der Waals surface area contributed by atoms with E-state index in [9.17, 15) is 4.79 Å². The van der Waals surface area contributed by atoms with E-state index < -0.39 is 6.09 Å². The second-order valence-electron chi connectivity index (χ2n) is 3.57. The second kappa shape index (κ2) is 6.39. The molecule has 1 aromatic carbocycles. The molecular formula is C12H13N3O3. The summed E-state index contributed by atoms with van der Waals surface area (Å²) < 4.78 is 9.82. The van der Waals surface area contributed by atoms with Crippen LogP contribution >= 0.6 is 0 Å². The molecule has 0 radical (unpaired) electrons. The molecule has 1 aromatic heterocycles. The minimum atomic E-state index is -0.460. The van der Waals surface area contributed by atoms with Crippen LogP contribution in [0.5, 0.6) is 0 Å². The van der Waals surface area contributed by atoms with Crippen LogP contribution in [0.2, 0.25) is 0 Å². The Balaban J connectivity index is 1.63. The van der Waals surface area contributed by atoms with Crippen LogP contribution in [0.3, 0.4) is 0 Å². The lowest BCUT2D eigenvalue weighted by atomic mass is 10.2. The standard InChI is InChI=1S/C12H13N3O3/c16-12(13-7-6-11-14-9-15-18-11)17-8-10-4-2-1-3-5-10/h1-5,9H,6-8H2,(H,13,16). The fourth-order valence-corrected chi connectivity index (χ4v) is 1.35. The number of nitrogens with one attached hydrogen (secondary N) is 1. The Morgan fingerprint density at radius 1 is 1.33 bits per heavy atom. The largest absolute Gasteiger partial charge is 0.445 e. The van der Waals surface area contributed by atoms with E-state index in [1.807, 2.05) is 30.3 Å². The van der Waals surface area contributed by atoms with Crippen LogP contribution in [0, 0.1) is 0 Å². The highest BCUT2D eigenvalue weighted by atomic mass is 16.5. The summed E-state index contributed by atoms with van der Waals surface area (Å²) >= 11 is 0. The zero-order chi connectivity index (χ0) is 12.6. The number of rotatable bonds is 5. The Morgan fingerprint density at radius 3 is 2.89 bits per heavy atom. The molecule has 0 atom stereocenters. The van der Waals surface area contributed by atoms with Crippen molar-refractivity contribution >= 4 is 6.09 Å². The van der Waals surface area contributed by atoms with Crippen molar-refractivity contribution in [3.63, 3.8) is 0 Å². The molecule has 0 aliphatic heterocycles. The van der Waals surface area contributed by atoms with Gasteiger partial charge in [-0.2, -0.15) is 4.98 Å². The van der Waals surface area contributed by atoms with Gasteiger partial charge < -0.3 is 14.6 Å². The molecule has 0 aliphatic rings. The molecule has 0 bridgehead atoms. The van der Waals surface area contributed by atoms with Gasteiger partial charge in [0.25, 0.3) is 0 Å². The number of carbonyl (C=O) groups excluding carboxylic acids is 1. The topological polar surface area (TPSA) is 77.3 Å². The molecule has 2 aromatic rings. The quantitative estimate of drug-likeness (QED) is 0.867. The normalized spacial score (nSPS) is 10.0. The van der Waals surface area contributed by atoms with Crippen molar-refractivity contribution in [2.24, 2.45) is 0 Å². The molecule has 18 heavy (non-hydrogen) atoms. The highest BCUT2D eigenvalue weighted by Crippen LogP contribution is 2.00. The van der Waals surface area contributed by atoms with E-state index in [4.69, 9.17) is 9.26 Å². The van der Waals surface area contributed by atoms with E-state index in [-0.39, 0.29) is 6.61 Å². The fourth-order valence-electron chi connectivity index (χ4n) is 1.35. The van der Waals surface area contributed by atoms with Crippen LogP contribution in [-0.2, 0) is 17.8 Å². The first-order chi connectivity index (χ1) is 8.84. The van der Waals surface area contributed by atoms with Crippen molar-refractivity contribution in [2.75, 3.05) is 6.54 Å². The summed E-state index contributed by atoms with van der Waals surface area (Å²) in [5.74, 6) is 0.485. The monoisotopic (exact) mass is 247 g/mol. The summed E-state index contributed by atoms with van der Waals surface area (Å²) in [7, 11) is 0. The Hall–Kier alpha value is -2.37. The summed E-state index contributed by atoms with van der Waals surface area (Å²) in [6, 6.07) is 9.49. The van der Waals surface area contributed by atoms with Gasteiger partial charge in [0.2, 0.25) is 5.89 Å². The lowest BCUT2D eigenvalue weighted by molar-refractivity contribution is 0.139. The van der Waals surface area contributed by atoms with Gasteiger partial charge >= 0.3 is 6.09 Å². The minimum Gasteiger partial charge on any atom is -0.445 e. The Kier molecular flexibility index (Phi) is 4.29. The van der Waals surface area contributed by atoms with Gasteiger partial charge in [-0.1, -0.05) is 35.5 Å². The third kappa shape index (κ3) is 3.89. The van der Waals surface area contributed by atoms with Crippen LogP contribution in [0.1, 0.15) is 11.5 Å². The lowest BCUT2D eigenvalue weighted by Gasteiger charge is -2.05. The van der Waals surface area contributed by atoms with Crippen LogP contribution in [-0.4, -0.2) is 22.8 Å². The maximum absolute atomic E-state index is 11.3. The molecule has 0 fully saturated rings. The molecule has 0 saturated carbocycles. The van der Waals surface area contributed by atoms with Crippen LogP contribution in [0.25, 0.3) is 0 Å². The van der Waals surface area contributed by atoms with E-state index in [1.165, 1.54) is 6.33 Å². The van der Waals surface area contributed by atoms with Gasteiger partial charge in [-0.25, -0.2) is 4.79 Å². The first-order valence-corrected chi connectivity index (χ1v) is 5.54. The van der Waals surface area contributed by atoms with Crippen molar-refractivity contribution in [3.05, 3.63) is 48.1 Å². The van der Waals surface area contributed by atoms with Gasteiger partial charge in [0.15, 0.2) is 6.33 Å². The molecule has 94 valence electrons. The van der Waals surface area contributed by atoms with Gasteiger partial charge in [0.05, 0.1) is 0 Å². The summed E-state index contributed by atoms with van der Waals surface area (Å²) in [6.45, 7) is 0.656. The predicted molar refractivity (Wildman–Crippen MR) is 62.6 cm³/mol. The van der Waals surface area contributed by atoms with Crippen LogP contribution < -0.4 is 5.32 Å². The number of hydrogen-bond donors (Lipinski definition) is 1. The molecule has 1 amide bonds. The predicted octanol–water partition coefficient (Wildman–Crippen LogP) is 1.54. The van der Waals surface area contributed by atoms with Crippen molar-refractivity contribution in [1.29, 1.82) is 0 Å². The molecule has 0 saturated heterocycles. The Labute approximate surface area is 104 Å². The van der Waals surface area contributed by atoms with Gasteiger partial charge in [-0.15, -0.1) is 0 Å². The average Bonchev–Trinajstić information content (AvgIpc) is 2.91. The Bertz CT molecular complexity index is 471. The fraction of sp³-hybridized carbons (Fsp3) is 0.250. The molecule has 0 unspecified atom stereocenters. The van der Waals surface area contributed by atoms with Crippen molar-refractivity contribution in [1.82, 2.24) is 15.5 Å². The number of alkyl carbamates (subject to hydrolysis) is 1. The van der Waals surface area contributed by atoms with Crippen LogP contribution in [0.15, 0.2) is 41.2 Å². The molecule has 0 spiro atoms. The second-order valence-corrected chi connectivity index (χ2v) is 3.57. The third-order valence-electron chi connectivity index (χ3n) is 2.23. The molecule has 1 N–H and O–H groups in total. The summed E-state index contributed by atoms with van der Waals surface area (Å²) in [5, 5.41) is 6.07. The molecule has 6 heteroatoms. The molecular weight excluding hydrogens is 234 g/mol. The van der Waals surface area contributed by atoms with Gasteiger partial charge in [-0.3, -0.25) is 0 Å². The number of benzene rings is 1. The zero-order valence-corrected chi connectivity index (χ0v) is 9.70. The first-order valence-electron chi connectivity index (χ1n) is 5.54. The highest BCUT2D eigenvalue weighted by molar-refractivity contribution is 5.67. The smallest absolute Gasteiger partial charge is 0.407 e. The van der Waals surface area contributed by atoms with E-state index in [0.717, 1.165) is 5.56 Å². The number of carbonyl (C=O) groups is 1. The number of aromatic nitrogens is 2. The highest BCUT2D eigenvalue weighted by Gasteiger charge is 2.03. The maximum Gasteiger partial charge on any atom is 0.407 e. The third-order valence-corrected chi connectivity index (χ3v) is 2.23. The molecule has 6 nitrogen and oxygen atoms in total. The van der Waals surface area contributed by atoms with Gasteiger partial charge in [-0.05, 0) is 5.56 Å². The summed E-state index contributed by atoms with van der Waals surface area (Å²) in [6.07, 6.45) is 1.35. The first kappa shape index (κ1) is 12.1. The summed E-state index contributed by atoms with van der Waals surface area (Å²) in [5.41, 5.74) is 0.949. The lowest BCUT2D eigenvalue weighted by Crippen LogP contribution is -2.26. The van der Waals surface area contributed by atoms with Gasteiger partial charge in [0.1, 0.15) is 6.61 Å². The summed E-state index contributed by atoms with van der Waals surface area (Å²) in [4.78, 5) is 15.2. The van der Waals surface area contributed by atoms with E-state index >= 15 is 0 Å². The van der Waals surface area contributed by atoms with Crippen LogP contribution in [0.4, 0.5) is 4.79 Å².